The van der Waals surface area contributed by atoms with Gasteiger partial charge in [-0.3, -0.25) is 9.59 Å². The predicted molar refractivity (Wildman–Crippen MR) is 83.5 cm³/mol. The highest BCUT2D eigenvalue weighted by Gasteiger charge is 2.48. The van der Waals surface area contributed by atoms with Gasteiger partial charge in [-0.2, -0.15) is 0 Å². The number of hydrogen-bond donors (Lipinski definition) is 0. The van der Waals surface area contributed by atoms with Crippen LogP contribution in [0.2, 0.25) is 0 Å². The summed E-state index contributed by atoms with van der Waals surface area (Å²) in [5.74, 6) is 0.738. The van der Waals surface area contributed by atoms with Crippen LogP contribution >= 0.6 is 23.2 Å². The molecule has 0 aliphatic heterocycles. The largest absolute Gasteiger partial charge is 0.488 e. The van der Waals surface area contributed by atoms with E-state index in [1.54, 1.807) is 60.7 Å². The Balaban J connectivity index is 2.25. The van der Waals surface area contributed by atoms with Crippen LogP contribution in [0, 0.1) is 0 Å². The highest BCUT2D eigenvalue weighted by atomic mass is 35.5. The molecule has 0 saturated carbocycles. The van der Waals surface area contributed by atoms with Gasteiger partial charge in [-0.1, -0.05) is 36.4 Å². The maximum absolute atomic E-state index is 11.8. The van der Waals surface area contributed by atoms with E-state index in [1.165, 1.54) is 0 Å². The first-order valence-corrected chi connectivity index (χ1v) is 7.12. The topological polar surface area (TPSA) is 52.6 Å². The summed E-state index contributed by atoms with van der Waals surface area (Å²) in [4.78, 5) is 23.6. The Bertz CT molecular complexity index is 630. The molecule has 0 aliphatic carbocycles. The first kappa shape index (κ1) is 16.3. The van der Waals surface area contributed by atoms with Crippen molar-refractivity contribution < 1.29 is 19.1 Å². The molecule has 0 bridgehead atoms. The van der Waals surface area contributed by atoms with E-state index in [2.05, 4.69) is 0 Å². The number of halogens is 2. The van der Waals surface area contributed by atoms with Gasteiger partial charge in [0.2, 0.25) is 0 Å². The van der Waals surface area contributed by atoms with E-state index in [1.807, 2.05) is 0 Å². The molecule has 22 heavy (non-hydrogen) atoms. The Morgan fingerprint density at radius 3 is 1.73 bits per heavy atom. The quantitative estimate of drug-likeness (QED) is 0.573. The van der Waals surface area contributed by atoms with Gasteiger partial charge in [-0.05, 0) is 47.5 Å². The maximum Gasteiger partial charge on any atom is 0.287 e. The van der Waals surface area contributed by atoms with E-state index in [0.29, 0.717) is 5.75 Å². The molecule has 114 valence electrons. The highest BCUT2D eigenvalue weighted by molar-refractivity contribution is 6.76. The van der Waals surface area contributed by atoms with Crippen molar-refractivity contribution in [3.05, 3.63) is 60.7 Å². The molecule has 0 fully saturated rings. The fourth-order valence-corrected chi connectivity index (χ4v) is 2.10. The Hall–Kier alpha value is -2.04. The fourth-order valence-electron chi connectivity index (χ4n) is 1.69. The molecule has 4 nitrogen and oxygen atoms in total. The van der Waals surface area contributed by atoms with Crippen LogP contribution < -0.4 is 9.47 Å². The van der Waals surface area contributed by atoms with Gasteiger partial charge in [0.05, 0.1) is 0 Å². The molecular weight excluding hydrogens is 327 g/mol. The average Bonchev–Trinajstić information content (AvgIpc) is 2.53. The lowest BCUT2D eigenvalue weighted by Gasteiger charge is -2.27. The average molecular weight is 339 g/mol. The predicted octanol–water partition coefficient (Wildman–Crippen LogP) is 3.41. The minimum atomic E-state index is -2.11. The molecule has 0 aliphatic rings. The van der Waals surface area contributed by atoms with Gasteiger partial charge in [0.15, 0.2) is 0 Å². The lowest BCUT2D eigenvalue weighted by Crippen LogP contribution is -2.52. The van der Waals surface area contributed by atoms with Crippen LogP contribution in [0.1, 0.15) is 0 Å². The Kier molecular flexibility index (Phi) is 5.41. The smallest absolute Gasteiger partial charge is 0.287 e. The molecule has 0 radical (unpaired) electrons. The second-order valence-electron chi connectivity index (χ2n) is 4.39. The van der Waals surface area contributed by atoms with Gasteiger partial charge >= 0.3 is 0 Å². The number of hydrogen-bond acceptors (Lipinski definition) is 4. The van der Waals surface area contributed by atoms with Gasteiger partial charge in [-0.15, -0.1) is 0 Å². The number of rotatable bonds is 7. The van der Waals surface area contributed by atoms with Crippen molar-refractivity contribution in [2.45, 2.75) is 5.60 Å². The second-order valence-corrected chi connectivity index (χ2v) is 5.08. The van der Waals surface area contributed by atoms with E-state index in [0.717, 1.165) is 0 Å². The summed E-state index contributed by atoms with van der Waals surface area (Å²) in [6.07, 6.45) is 0. The second kappa shape index (κ2) is 7.29. The van der Waals surface area contributed by atoms with Crippen molar-refractivity contribution in [1.82, 2.24) is 0 Å². The standard InChI is InChI=1S/C16H12Cl2O4/c17-14(19)16(15(18)20,22-13-9-5-2-6-10-13)11-21-12-7-3-1-4-8-12/h1-10H,11H2. The number of carbonyl (C=O) groups excluding carboxylic acids is 2. The minimum absolute atomic E-state index is 0.280. The van der Waals surface area contributed by atoms with Gasteiger partial charge < -0.3 is 9.47 Å². The SMILES string of the molecule is O=C(Cl)C(COc1ccccc1)(Oc1ccccc1)C(=O)Cl. The molecule has 0 amide bonds. The number of ether oxygens (including phenoxy) is 2. The summed E-state index contributed by atoms with van der Waals surface area (Å²) < 4.78 is 10.9. The number of benzene rings is 2. The minimum Gasteiger partial charge on any atom is -0.488 e. The third-order valence-corrected chi connectivity index (χ3v) is 3.47. The summed E-state index contributed by atoms with van der Waals surface area (Å²) in [5, 5.41) is -2.10. The molecule has 0 N–H and O–H groups in total. The summed E-state index contributed by atoms with van der Waals surface area (Å²) in [6, 6.07) is 17.0. The molecule has 0 aromatic heterocycles. The summed E-state index contributed by atoms with van der Waals surface area (Å²) >= 11 is 11.1. The van der Waals surface area contributed by atoms with Crippen molar-refractivity contribution in [3.63, 3.8) is 0 Å². The summed E-state index contributed by atoms with van der Waals surface area (Å²) in [6.45, 7) is -0.434. The molecule has 0 spiro atoms. The third-order valence-electron chi connectivity index (χ3n) is 2.86. The molecule has 2 aromatic carbocycles. The molecule has 0 unspecified atom stereocenters. The monoisotopic (exact) mass is 338 g/mol. The highest BCUT2D eigenvalue weighted by Crippen LogP contribution is 2.25. The van der Waals surface area contributed by atoms with Crippen molar-refractivity contribution in [2.24, 2.45) is 0 Å². The van der Waals surface area contributed by atoms with E-state index < -0.39 is 22.7 Å². The van der Waals surface area contributed by atoms with Crippen molar-refractivity contribution in [2.75, 3.05) is 6.61 Å². The van der Waals surface area contributed by atoms with Crippen molar-refractivity contribution in [1.29, 1.82) is 0 Å². The molecule has 2 rings (SSSR count). The van der Waals surface area contributed by atoms with Gasteiger partial charge in [0, 0.05) is 0 Å². The van der Waals surface area contributed by atoms with Gasteiger partial charge in [-0.25, -0.2) is 0 Å². The Labute approximate surface area is 137 Å². The molecule has 6 heteroatoms. The van der Waals surface area contributed by atoms with Crippen LogP contribution in [0.3, 0.4) is 0 Å². The fraction of sp³-hybridized carbons (Fsp3) is 0.125. The zero-order valence-electron chi connectivity index (χ0n) is 11.4. The van der Waals surface area contributed by atoms with Crippen LogP contribution in [0.4, 0.5) is 0 Å². The van der Waals surface area contributed by atoms with Crippen LogP contribution in [-0.2, 0) is 9.59 Å². The first-order valence-electron chi connectivity index (χ1n) is 6.36. The normalized spacial score (nSPS) is 10.8. The van der Waals surface area contributed by atoms with E-state index in [-0.39, 0.29) is 5.75 Å². The Morgan fingerprint density at radius 2 is 1.27 bits per heavy atom. The van der Waals surface area contributed by atoms with Crippen LogP contribution in [0.5, 0.6) is 11.5 Å². The van der Waals surface area contributed by atoms with Crippen LogP contribution in [-0.4, -0.2) is 22.7 Å². The van der Waals surface area contributed by atoms with E-state index in [9.17, 15) is 9.59 Å². The summed E-state index contributed by atoms with van der Waals surface area (Å²) in [7, 11) is 0. The number of para-hydroxylation sites is 2. The molecule has 2 aromatic rings. The summed E-state index contributed by atoms with van der Waals surface area (Å²) in [5.41, 5.74) is -2.11. The lowest BCUT2D eigenvalue weighted by atomic mass is 10.1. The number of carbonyl (C=O) groups is 2. The zero-order valence-corrected chi connectivity index (χ0v) is 12.9. The third kappa shape index (κ3) is 3.78. The van der Waals surface area contributed by atoms with Crippen LogP contribution in [0.25, 0.3) is 0 Å². The molecular formula is C16H12Cl2O4. The van der Waals surface area contributed by atoms with Gasteiger partial charge in [0.1, 0.15) is 18.1 Å². The van der Waals surface area contributed by atoms with Crippen molar-refractivity contribution in [3.8, 4) is 11.5 Å². The van der Waals surface area contributed by atoms with Crippen LogP contribution in [0.15, 0.2) is 60.7 Å². The lowest BCUT2D eigenvalue weighted by molar-refractivity contribution is -0.140. The zero-order chi connectivity index (χ0) is 16.0. The first-order chi connectivity index (χ1) is 10.5. The van der Waals surface area contributed by atoms with E-state index in [4.69, 9.17) is 32.7 Å². The molecule has 0 saturated heterocycles. The molecule has 0 atom stereocenters. The van der Waals surface area contributed by atoms with E-state index >= 15 is 0 Å². The van der Waals surface area contributed by atoms with Gasteiger partial charge in [0.25, 0.3) is 16.1 Å². The molecule has 0 heterocycles. The van der Waals surface area contributed by atoms with Crippen molar-refractivity contribution >= 4 is 33.7 Å². The Morgan fingerprint density at radius 1 is 0.818 bits per heavy atom. The maximum atomic E-state index is 11.8.